The lowest BCUT2D eigenvalue weighted by molar-refractivity contribution is -0.137. The average molecular weight is 384 g/mol. The Labute approximate surface area is 149 Å². The maximum absolute atomic E-state index is 12.8. The summed E-state index contributed by atoms with van der Waals surface area (Å²) in [5, 5.41) is 4.60. The molecule has 0 atom stereocenters. The third-order valence-corrected chi connectivity index (χ3v) is 4.16. The number of hydrogen-bond donors (Lipinski definition) is 1. The third kappa shape index (κ3) is 4.15. The van der Waals surface area contributed by atoms with Crippen molar-refractivity contribution in [1.82, 2.24) is 9.97 Å². The zero-order chi connectivity index (χ0) is 18.0. The van der Waals surface area contributed by atoms with Gasteiger partial charge in [0.15, 0.2) is 5.13 Å². The average Bonchev–Trinajstić information content (AvgIpc) is 3.03. The van der Waals surface area contributed by atoms with Gasteiger partial charge in [-0.2, -0.15) is 13.2 Å². The standard InChI is InChI=1S/C16H9ClF3N3OS/c17-13-7-10(4-5-21-13)14(24)23-15-22-12(8-25-15)9-2-1-3-11(6-9)16(18,19)20/h1-8H,(H,22,23,24). The van der Waals surface area contributed by atoms with Gasteiger partial charge >= 0.3 is 6.18 Å². The molecule has 0 bridgehead atoms. The Morgan fingerprint density at radius 3 is 2.72 bits per heavy atom. The number of nitrogens with zero attached hydrogens (tertiary/aromatic N) is 2. The van der Waals surface area contributed by atoms with E-state index in [1.54, 1.807) is 5.38 Å². The molecule has 1 aromatic carbocycles. The molecule has 0 fully saturated rings. The molecule has 2 aromatic heterocycles. The lowest BCUT2D eigenvalue weighted by Crippen LogP contribution is -2.11. The predicted octanol–water partition coefficient (Wildman–Crippen LogP) is 5.13. The predicted molar refractivity (Wildman–Crippen MR) is 89.8 cm³/mol. The van der Waals surface area contributed by atoms with Crippen LogP contribution in [0.5, 0.6) is 0 Å². The summed E-state index contributed by atoms with van der Waals surface area (Å²) >= 11 is 6.84. The normalized spacial score (nSPS) is 11.4. The summed E-state index contributed by atoms with van der Waals surface area (Å²) in [7, 11) is 0. The first kappa shape index (κ1) is 17.4. The molecule has 3 aromatic rings. The van der Waals surface area contributed by atoms with E-state index >= 15 is 0 Å². The summed E-state index contributed by atoms with van der Waals surface area (Å²) in [6.07, 6.45) is -3.03. The van der Waals surface area contributed by atoms with E-state index < -0.39 is 17.6 Å². The molecule has 0 unspecified atom stereocenters. The van der Waals surface area contributed by atoms with Gasteiger partial charge in [0.25, 0.3) is 5.91 Å². The highest BCUT2D eigenvalue weighted by Crippen LogP contribution is 2.33. The Hall–Kier alpha value is -2.45. The second-order valence-corrected chi connectivity index (χ2v) is 6.18. The number of aromatic nitrogens is 2. The van der Waals surface area contributed by atoms with Crippen molar-refractivity contribution in [3.8, 4) is 11.3 Å². The van der Waals surface area contributed by atoms with E-state index in [1.165, 1.54) is 30.5 Å². The van der Waals surface area contributed by atoms with Gasteiger partial charge in [0.1, 0.15) is 5.15 Å². The Morgan fingerprint density at radius 2 is 2.00 bits per heavy atom. The van der Waals surface area contributed by atoms with Crippen LogP contribution in [0.2, 0.25) is 5.15 Å². The molecule has 0 saturated heterocycles. The molecule has 4 nitrogen and oxygen atoms in total. The molecule has 0 radical (unpaired) electrons. The van der Waals surface area contributed by atoms with Gasteiger partial charge in [-0.05, 0) is 24.3 Å². The molecule has 9 heteroatoms. The first-order valence-electron chi connectivity index (χ1n) is 6.89. The summed E-state index contributed by atoms with van der Waals surface area (Å²) in [5.41, 5.74) is 0.212. The van der Waals surface area contributed by atoms with Crippen LogP contribution in [-0.4, -0.2) is 15.9 Å². The number of carbonyl (C=O) groups excluding carboxylic acids is 1. The molecule has 2 heterocycles. The van der Waals surface area contributed by atoms with Crippen molar-refractivity contribution < 1.29 is 18.0 Å². The molecule has 0 saturated carbocycles. The molecule has 0 aliphatic rings. The number of thiazole rings is 1. The van der Waals surface area contributed by atoms with E-state index in [1.807, 2.05) is 0 Å². The summed E-state index contributed by atoms with van der Waals surface area (Å²) < 4.78 is 38.4. The Morgan fingerprint density at radius 1 is 1.20 bits per heavy atom. The van der Waals surface area contributed by atoms with Gasteiger partial charge in [-0.25, -0.2) is 9.97 Å². The maximum Gasteiger partial charge on any atom is 0.416 e. The van der Waals surface area contributed by atoms with Gasteiger partial charge in [-0.3, -0.25) is 10.1 Å². The minimum Gasteiger partial charge on any atom is -0.298 e. The van der Waals surface area contributed by atoms with Crippen molar-refractivity contribution in [2.45, 2.75) is 6.18 Å². The van der Waals surface area contributed by atoms with E-state index in [0.717, 1.165) is 23.5 Å². The smallest absolute Gasteiger partial charge is 0.298 e. The van der Waals surface area contributed by atoms with Crippen LogP contribution in [0.15, 0.2) is 48.0 Å². The second kappa shape index (κ2) is 6.81. The van der Waals surface area contributed by atoms with Crippen LogP contribution in [0.4, 0.5) is 18.3 Å². The fourth-order valence-electron chi connectivity index (χ4n) is 2.03. The van der Waals surface area contributed by atoms with E-state index in [-0.39, 0.29) is 10.3 Å². The van der Waals surface area contributed by atoms with Gasteiger partial charge in [0, 0.05) is 22.7 Å². The van der Waals surface area contributed by atoms with Crippen molar-refractivity contribution in [2.24, 2.45) is 0 Å². The van der Waals surface area contributed by atoms with Crippen LogP contribution in [0.1, 0.15) is 15.9 Å². The van der Waals surface area contributed by atoms with Gasteiger partial charge in [0.2, 0.25) is 0 Å². The number of alkyl halides is 3. The highest BCUT2D eigenvalue weighted by atomic mass is 35.5. The van der Waals surface area contributed by atoms with Gasteiger partial charge in [0.05, 0.1) is 11.3 Å². The number of carbonyl (C=O) groups is 1. The summed E-state index contributed by atoms with van der Waals surface area (Å²) in [4.78, 5) is 20.1. The second-order valence-electron chi connectivity index (χ2n) is 4.94. The molecular formula is C16H9ClF3N3OS. The minimum atomic E-state index is -4.43. The topological polar surface area (TPSA) is 54.9 Å². The van der Waals surface area contributed by atoms with E-state index in [0.29, 0.717) is 16.8 Å². The number of amides is 1. The first-order valence-corrected chi connectivity index (χ1v) is 8.15. The Kier molecular flexibility index (Phi) is 4.73. The molecule has 128 valence electrons. The van der Waals surface area contributed by atoms with Crippen LogP contribution in [-0.2, 0) is 6.18 Å². The lowest BCUT2D eigenvalue weighted by atomic mass is 10.1. The monoisotopic (exact) mass is 383 g/mol. The molecule has 0 aliphatic carbocycles. The van der Waals surface area contributed by atoms with Crippen molar-refractivity contribution in [2.75, 3.05) is 5.32 Å². The van der Waals surface area contributed by atoms with E-state index in [9.17, 15) is 18.0 Å². The minimum absolute atomic E-state index is 0.177. The largest absolute Gasteiger partial charge is 0.416 e. The number of hydrogen-bond acceptors (Lipinski definition) is 4. The van der Waals surface area contributed by atoms with Gasteiger partial charge < -0.3 is 0 Å². The fraction of sp³-hybridized carbons (Fsp3) is 0.0625. The Balaban J connectivity index is 1.80. The van der Waals surface area contributed by atoms with Crippen molar-refractivity contribution in [3.05, 3.63) is 64.3 Å². The van der Waals surface area contributed by atoms with E-state index in [2.05, 4.69) is 15.3 Å². The number of benzene rings is 1. The highest BCUT2D eigenvalue weighted by Gasteiger charge is 2.30. The first-order chi connectivity index (χ1) is 11.8. The number of nitrogens with one attached hydrogen (secondary N) is 1. The zero-order valence-corrected chi connectivity index (χ0v) is 13.9. The van der Waals surface area contributed by atoms with Crippen molar-refractivity contribution in [1.29, 1.82) is 0 Å². The molecular weight excluding hydrogens is 375 g/mol. The summed E-state index contributed by atoms with van der Waals surface area (Å²) in [5.74, 6) is -0.436. The third-order valence-electron chi connectivity index (χ3n) is 3.20. The van der Waals surface area contributed by atoms with Crippen LogP contribution < -0.4 is 5.32 Å². The number of rotatable bonds is 3. The van der Waals surface area contributed by atoms with E-state index in [4.69, 9.17) is 11.6 Å². The molecule has 3 rings (SSSR count). The quantitative estimate of drug-likeness (QED) is 0.638. The lowest BCUT2D eigenvalue weighted by Gasteiger charge is -2.07. The molecule has 25 heavy (non-hydrogen) atoms. The zero-order valence-electron chi connectivity index (χ0n) is 12.3. The SMILES string of the molecule is O=C(Nc1nc(-c2cccc(C(F)(F)F)c2)cs1)c1ccnc(Cl)c1. The number of pyridine rings is 1. The Bertz CT molecular complexity index is 927. The van der Waals surface area contributed by atoms with Gasteiger partial charge in [-0.1, -0.05) is 23.7 Å². The van der Waals surface area contributed by atoms with Gasteiger partial charge in [-0.15, -0.1) is 11.3 Å². The maximum atomic E-state index is 12.8. The highest BCUT2D eigenvalue weighted by molar-refractivity contribution is 7.14. The van der Waals surface area contributed by atoms with Crippen molar-refractivity contribution in [3.63, 3.8) is 0 Å². The van der Waals surface area contributed by atoms with Crippen molar-refractivity contribution >= 4 is 34.0 Å². The summed E-state index contributed by atoms with van der Waals surface area (Å²) in [6, 6.07) is 7.74. The van der Waals surface area contributed by atoms with Crippen LogP contribution in [0.25, 0.3) is 11.3 Å². The number of halogens is 4. The molecule has 0 spiro atoms. The molecule has 1 N–H and O–H groups in total. The number of anilines is 1. The van der Waals surface area contributed by atoms with Crippen LogP contribution >= 0.6 is 22.9 Å². The molecule has 1 amide bonds. The summed E-state index contributed by atoms with van der Waals surface area (Å²) in [6.45, 7) is 0. The molecule has 0 aliphatic heterocycles. The van der Waals surface area contributed by atoms with Crippen LogP contribution in [0.3, 0.4) is 0 Å². The fourth-order valence-corrected chi connectivity index (χ4v) is 2.92. The van der Waals surface area contributed by atoms with Crippen LogP contribution in [0, 0.1) is 0 Å².